The highest BCUT2D eigenvalue weighted by molar-refractivity contribution is 6.27. The fourth-order valence-corrected chi connectivity index (χ4v) is 4.15. The van der Waals surface area contributed by atoms with Crippen LogP contribution in [0.15, 0.2) is 121 Å². The highest BCUT2D eigenvalue weighted by atomic mass is 35.5. The lowest BCUT2D eigenvalue weighted by Gasteiger charge is -2.38. The standard InChI is InChI=1S/C26H20Cl2O/c27-25(21-13-5-1-6-14-21,22-15-7-2-8-16-22)29-26(28,23-17-9-3-10-18-23)24-19-11-4-12-20-24/h1-20H. The highest BCUT2D eigenvalue weighted by Gasteiger charge is 2.44. The number of hydrogen-bond acceptors (Lipinski definition) is 1. The van der Waals surface area contributed by atoms with Crippen molar-refractivity contribution < 1.29 is 4.74 Å². The molecule has 0 aliphatic carbocycles. The van der Waals surface area contributed by atoms with E-state index in [4.69, 9.17) is 27.9 Å². The Kier molecular flexibility index (Phi) is 5.73. The summed E-state index contributed by atoms with van der Waals surface area (Å²) in [6.45, 7) is 0. The molecule has 1 nitrogen and oxygen atoms in total. The molecule has 29 heavy (non-hydrogen) atoms. The van der Waals surface area contributed by atoms with E-state index in [-0.39, 0.29) is 0 Å². The van der Waals surface area contributed by atoms with Gasteiger partial charge >= 0.3 is 0 Å². The molecule has 0 spiro atoms. The van der Waals surface area contributed by atoms with Gasteiger partial charge in [-0.2, -0.15) is 0 Å². The molecule has 144 valence electrons. The maximum Gasteiger partial charge on any atom is 0.196 e. The van der Waals surface area contributed by atoms with Crippen molar-refractivity contribution in [3.05, 3.63) is 144 Å². The summed E-state index contributed by atoms with van der Waals surface area (Å²) in [6.07, 6.45) is 0. The third-order valence-electron chi connectivity index (χ3n) is 4.86. The fraction of sp³-hybridized carbons (Fsp3) is 0.0769. The summed E-state index contributed by atoms with van der Waals surface area (Å²) in [7, 11) is 0. The molecule has 0 aromatic heterocycles. The average molecular weight is 419 g/mol. The van der Waals surface area contributed by atoms with Crippen LogP contribution in [0.3, 0.4) is 0 Å². The van der Waals surface area contributed by atoms with Crippen molar-refractivity contribution >= 4 is 23.2 Å². The van der Waals surface area contributed by atoms with E-state index in [1.54, 1.807) is 0 Å². The molecular formula is C26H20Cl2O. The molecule has 0 heterocycles. The molecule has 0 fully saturated rings. The summed E-state index contributed by atoms with van der Waals surface area (Å²) < 4.78 is 6.70. The van der Waals surface area contributed by atoms with Gasteiger partial charge in [0.1, 0.15) is 0 Å². The first-order valence-electron chi connectivity index (χ1n) is 9.43. The topological polar surface area (TPSA) is 9.23 Å². The van der Waals surface area contributed by atoms with Crippen molar-refractivity contribution in [1.29, 1.82) is 0 Å². The number of halogens is 2. The molecule has 0 atom stereocenters. The SMILES string of the molecule is ClC(OC(Cl)(c1ccccc1)c1ccccc1)(c1ccccc1)c1ccccc1. The van der Waals surface area contributed by atoms with Crippen LogP contribution in [0.25, 0.3) is 0 Å². The largest absolute Gasteiger partial charge is 0.321 e. The lowest BCUT2D eigenvalue weighted by Crippen LogP contribution is -2.36. The molecule has 0 bridgehead atoms. The van der Waals surface area contributed by atoms with Crippen LogP contribution in [0.5, 0.6) is 0 Å². The summed E-state index contributed by atoms with van der Waals surface area (Å²) in [4.78, 5) is 0. The molecule has 4 rings (SSSR count). The van der Waals surface area contributed by atoms with Crippen LogP contribution in [0.4, 0.5) is 0 Å². The van der Waals surface area contributed by atoms with Gasteiger partial charge in [0, 0.05) is 22.3 Å². The van der Waals surface area contributed by atoms with E-state index in [1.165, 1.54) is 0 Å². The second-order valence-electron chi connectivity index (χ2n) is 6.76. The number of rotatable bonds is 6. The first kappa shape index (κ1) is 19.7. The summed E-state index contributed by atoms with van der Waals surface area (Å²) in [5.41, 5.74) is 3.24. The summed E-state index contributed by atoms with van der Waals surface area (Å²) >= 11 is 14.5. The Labute approximate surface area is 181 Å². The van der Waals surface area contributed by atoms with Crippen LogP contribution in [0.2, 0.25) is 0 Å². The van der Waals surface area contributed by atoms with Gasteiger partial charge in [0.2, 0.25) is 0 Å². The zero-order valence-corrected chi connectivity index (χ0v) is 17.2. The van der Waals surface area contributed by atoms with Gasteiger partial charge in [-0.3, -0.25) is 0 Å². The predicted octanol–water partition coefficient (Wildman–Crippen LogP) is 7.28. The zero-order chi connectivity index (χ0) is 20.2. The van der Waals surface area contributed by atoms with E-state index in [0.29, 0.717) is 0 Å². The molecule has 0 unspecified atom stereocenters. The molecule has 4 aromatic rings. The first-order chi connectivity index (χ1) is 14.1. The van der Waals surface area contributed by atoms with Crippen LogP contribution >= 0.6 is 23.2 Å². The molecule has 0 saturated carbocycles. The van der Waals surface area contributed by atoms with Crippen molar-refractivity contribution in [2.75, 3.05) is 0 Å². The van der Waals surface area contributed by atoms with Crippen molar-refractivity contribution in [3.8, 4) is 0 Å². The summed E-state index contributed by atoms with van der Waals surface area (Å²) in [6, 6.07) is 39.0. The third kappa shape index (κ3) is 3.95. The van der Waals surface area contributed by atoms with Crippen LogP contribution in [-0.4, -0.2) is 0 Å². The predicted molar refractivity (Wildman–Crippen MR) is 120 cm³/mol. The van der Waals surface area contributed by atoms with Gasteiger partial charge in [0.05, 0.1) is 0 Å². The lowest BCUT2D eigenvalue weighted by atomic mass is 9.97. The number of alkyl halides is 2. The van der Waals surface area contributed by atoms with Gasteiger partial charge in [0.25, 0.3) is 0 Å². The summed E-state index contributed by atoms with van der Waals surface area (Å²) in [5.74, 6) is 0. The molecule has 0 aliphatic heterocycles. The quantitative estimate of drug-likeness (QED) is 0.298. The van der Waals surface area contributed by atoms with Crippen molar-refractivity contribution in [2.45, 2.75) is 10.1 Å². The van der Waals surface area contributed by atoms with Crippen LogP contribution in [0.1, 0.15) is 22.3 Å². The Morgan fingerprint density at radius 2 is 0.586 bits per heavy atom. The molecule has 0 saturated heterocycles. The molecule has 0 aliphatic rings. The maximum atomic E-state index is 7.27. The Balaban J connectivity index is 1.91. The average Bonchev–Trinajstić information content (AvgIpc) is 2.81. The van der Waals surface area contributed by atoms with E-state index in [2.05, 4.69) is 0 Å². The van der Waals surface area contributed by atoms with E-state index in [9.17, 15) is 0 Å². The maximum absolute atomic E-state index is 7.27. The fourth-order valence-electron chi connectivity index (χ4n) is 3.37. The van der Waals surface area contributed by atoms with Crippen molar-refractivity contribution in [3.63, 3.8) is 0 Å². The third-order valence-corrected chi connectivity index (χ3v) is 5.89. The van der Waals surface area contributed by atoms with E-state index in [1.807, 2.05) is 121 Å². The van der Waals surface area contributed by atoms with E-state index >= 15 is 0 Å². The summed E-state index contributed by atoms with van der Waals surface area (Å²) in [5, 5.41) is -2.56. The van der Waals surface area contributed by atoms with Gasteiger partial charge < -0.3 is 4.74 Å². The van der Waals surface area contributed by atoms with E-state index in [0.717, 1.165) is 22.3 Å². The smallest absolute Gasteiger partial charge is 0.196 e. The van der Waals surface area contributed by atoms with Gasteiger partial charge in [-0.05, 0) is 0 Å². The van der Waals surface area contributed by atoms with Crippen molar-refractivity contribution in [2.24, 2.45) is 0 Å². The van der Waals surface area contributed by atoms with E-state index < -0.39 is 10.1 Å². The van der Waals surface area contributed by atoms with Gasteiger partial charge in [-0.1, -0.05) is 145 Å². The Morgan fingerprint density at radius 3 is 0.793 bits per heavy atom. The van der Waals surface area contributed by atoms with Crippen LogP contribution in [0, 0.1) is 0 Å². The Morgan fingerprint density at radius 1 is 0.379 bits per heavy atom. The highest BCUT2D eigenvalue weighted by Crippen LogP contribution is 2.48. The molecule has 0 amide bonds. The normalized spacial score (nSPS) is 11.9. The molecule has 4 aromatic carbocycles. The minimum absolute atomic E-state index is 0.810. The lowest BCUT2D eigenvalue weighted by molar-refractivity contribution is -0.0288. The van der Waals surface area contributed by atoms with Gasteiger partial charge in [-0.25, -0.2) is 0 Å². The monoisotopic (exact) mass is 418 g/mol. The second-order valence-corrected chi connectivity index (χ2v) is 7.82. The molecule has 3 heteroatoms. The van der Waals surface area contributed by atoms with Crippen LogP contribution < -0.4 is 0 Å². The van der Waals surface area contributed by atoms with Crippen molar-refractivity contribution in [1.82, 2.24) is 0 Å². The number of hydrogen-bond donors (Lipinski definition) is 0. The molecular weight excluding hydrogens is 399 g/mol. The van der Waals surface area contributed by atoms with Gasteiger partial charge in [-0.15, -0.1) is 0 Å². The minimum Gasteiger partial charge on any atom is -0.321 e. The Bertz CT molecular complexity index is 869. The molecule has 0 radical (unpaired) electrons. The number of ether oxygens (including phenoxy) is 1. The minimum atomic E-state index is -1.28. The van der Waals surface area contributed by atoms with Gasteiger partial charge in [0.15, 0.2) is 10.1 Å². The first-order valence-corrected chi connectivity index (χ1v) is 10.2. The zero-order valence-electron chi connectivity index (χ0n) is 15.7. The number of benzene rings is 4. The van der Waals surface area contributed by atoms with Crippen LogP contribution in [-0.2, 0) is 14.9 Å². The molecule has 0 N–H and O–H groups in total. The Hall–Kier alpha value is -2.58. The second kappa shape index (κ2) is 8.42.